The van der Waals surface area contributed by atoms with E-state index in [1.165, 1.54) is 11.3 Å². The third-order valence-electron chi connectivity index (χ3n) is 3.41. The summed E-state index contributed by atoms with van der Waals surface area (Å²) in [5, 5.41) is 13.8. The summed E-state index contributed by atoms with van der Waals surface area (Å²) in [6.45, 7) is 6.52. The lowest BCUT2D eigenvalue weighted by molar-refractivity contribution is -0.137. The van der Waals surface area contributed by atoms with E-state index in [2.05, 4.69) is 10.1 Å². The van der Waals surface area contributed by atoms with Gasteiger partial charge in [0.05, 0.1) is 18.3 Å². The van der Waals surface area contributed by atoms with Crippen molar-refractivity contribution in [3.8, 4) is 10.6 Å². The second kappa shape index (κ2) is 7.57. The van der Waals surface area contributed by atoms with Gasteiger partial charge in [-0.05, 0) is 12.8 Å². The fraction of sp³-hybridized carbons (Fsp3) is 0.500. The third-order valence-corrected chi connectivity index (χ3v) is 4.61. The first-order chi connectivity index (χ1) is 11.3. The Kier molecular flexibility index (Phi) is 5.71. The highest BCUT2D eigenvalue weighted by Gasteiger charge is 2.23. The topological polar surface area (TPSA) is 88.3 Å². The summed E-state index contributed by atoms with van der Waals surface area (Å²) in [6.07, 6.45) is 3.50. The van der Waals surface area contributed by atoms with Crippen molar-refractivity contribution in [2.24, 2.45) is 13.0 Å². The molecule has 2 heterocycles. The molecule has 0 saturated heterocycles. The zero-order valence-electron chi connectivity index (χ0n) is 14.3. The fourth-order valence-corrected chi connectivity index (χ4v) is 3.35. The van der Waals surface area contributed by atoms with Crippen molar-refractivity contribution in [1.29, 1.82) is 0 Å². The predicted octanol–water partition coefficient (Wildman–Crippen LogP) is 2.42. The second-order valence-corrected chi connectivity index (χ2v) is 7.12. The molecule has 24 heavy (non-hydrogen) atoms. The minimum Gasteiger partial charge on any atom is -0.481 e. The van der Waals surface area contributed by atoms with Crippen LogP contribution in [-0.4, -0.2) is 49.7 Å². The van der Waals surface area contributed by atoms with E-state index < -0.39 is 5.97 Å². The van der Waals surface area contributed by atoms with Crippen molar-refractivity contribution in [2.75, 3.05) is 13.1 Å². The van der Waals surface area contributed by atoms with Crippen LogP contribution in [0.15, 0.2) is 12.4 Å². The number of thiazole rings is 1. The highest BCUT2D eigenvalue weighted by Crippen LogP contribution is 2.28. The van der Waals surface area contributed by atoms with E-state index in [0.29, 0.717) is 17.1 Å². The summed E-state index contributed by atoms with van der Waals surface area (Å²) >= 11 is 1.32. The van der Waals surface area contributed by atoms with Crippen molar-refractivity contribution in [2.45, 2.75) is 27.2 Å². The average Bonchev–Trinajstić information content (AvgIpc) is 3.08. The standard InChI is InChI=1S/C16H22N4O3S/c1-10(2)8-20(6-5-13(21)22)16(23)14-11(3)18-15(24-14)12-7-17-19(4)9-12/h7,9-10H,5-6,8H2,1-4H3,(H,21,22). The highest BCUT2D eigenvalue weighted by atomic mass is 32.1. The van der Waals surface area contributed by atoms with Crippen LogP contribution < -0.4 is 0 Å². The van der Waals surface area contributed by atoms with Crippen LogP contribution in [0.4, 0.5) is 0 Å². The SMILES string of the molecule is Cc1nc(-c2cnn(C)c2)sc1C(=O)N(CCC(=O)O)CC(C)C. The lowest BCUT2D eigenvalue weighted by atomic mass is 10.2. The molecule has 2 aromatic heterocycles. The summed E-state index contributed by atoms with van der Waals surface area (Å²) in [4.78, 5) is 30.3. The Morgan fingerprint density at radius 2 is 2.12 bits per heavy atom. The molecular formula is C16H22N4O3S. The first-order valence-electron chi connectivity index (χ1n) is 7.75. The first-order valence-corrected chi connectivity index (χ1v) is 8.57. The Morgan fingerprint density at radius 1 is 1.42 bits per heavy atom. The van der Waals surface area contributed by atoms with Gasteiger partial charge in [0.15, 0.2) is 0 Å². The number of amides is 1. The second-order valence-electron chi connectivity index (χ2n) is 6.12. The average molecular weight is 350 g/mol. The van der Waals surface area contributed by atoms with E-state index in [-0.39, 0.29) is 24.8 Å². The molecule has 0 aliphatic rings. The van der Waals surface area contributed by atoms with Crippen molar-refractivity contribution >= 4 is 23.2 Å². The maximum absolute atomic E-state index is 12.8. The molecule has 0 fully saturated rings. The molecule has 0 aliphatic heterocycles. The number of hydrogen-bond acceptors (Lipinski definition) is 5. The lowest BCUT2D eigenvalue weighted by Crippen LogP contribution is -2.35. The molecule has 130 valence electrons. The van der Waals surface area contributed by atoms with Crippen LogP contribution in [0, 0.1) is 12.8 Å². The molecule has 1 amide bonds. The number of aromatic nitrogens is 3. The number of nitrogens with zero attached hydrogens (tertiary/aromatic N) is 4. The smallest absolute Gasteiger partial charge is 0.305 e. The minimum absolute atomic E-state index is 0.0637. The first kappa shape index (κ1) is 18.1. The van der Waals surface area contributed by atoms with Crippen molar-refractivity contribution in [1.82, 2.24) is 19.7 Å². The molecule has 2 rings (SSSR count). The Bertz CT molecular complexity index is 736. The van der Waals surface area contributed by atoms with Gasteiger partial charge in [-0.1, -0.05) is 13.8 Å². The number of hydrogen-bond donors (Lipinski definition) is 1. The maximum atomic E-state index is 12.8. The van der Waals surface area contributed by atoms with E-state index in [9.17, 15) is 9.59 Å². The zero-order chi connectivity index (χ0) is 17.9. The lowest BCUT2D eigenvalue weighted by Gasteiger charge is -2.23. The van der Waals surface area contributed by atoms with Crippen LogP contribution in [0.2, 0.25) is 0 Å². The van der Waals surface area contributed by atoms with E-state index in [0.717, 1.165) is 10.6 Å². The van der Waals surface area contributed by atoms with Gasteiger partial charge < -0.3 is 10.0 Å². The monoisotopic (exact) mass is 350 g/mol. The van der Waals surface area contributed by atoms with Gasteiger partial charge >= 0.3 is 5.97 Å². The molecule has 0 bridgehead atoms. The molecule has 0 aromatic carbocycles. The highest BCUT2D eigenvalue weighted by molar-refractivity contribution is 7.17. The van der Waals surface area contributed by atoms with Gasteiger partial charge in [-0.25, -0.2) is 4.98 Å². The van der Waals surface area contributed by atoms with Gasteiger partial charge in [0, 0.05) is 31.9 Å². The van der Waals surface area contributed by atoms with Gasteiger partial charge in [-0.3, -0.25) is 14.3 Å². The number of carbonyl (C=O) groups excluding carboxylic acids is 1. The summed E-state index contributed by atoms with van der Waals surface area (Å²) in [5.74, 6) is -0.808. The number of carboxylic acid groups (broad SMARTS) is 1. The summed E-state index contributed by atoms with van der Waals surface area (Å²) in [7, 11) is 1.83. The summed E-state index contributed by atoms with van der Waals surface area (Å²) in [6, 6.07) is 0. The Morgan fingerprint density at radius 3 is 2.67 bits per heavy atom. The number of aliphatic carboxylic acids is 1. The number of carboxylic acids is 1. The molecule has 2 aromatic rings. The molecule has 1 N–H and O–H groups in total. The minimum atomic E-state index is -0.909. The summed E-state index contributed by atoms with van der Waals surface area (Å²) in [5.41, 5.74) is 1.53. The zero-order valence-corrected chi connectivity index (χ0v) is 15.1. The van der Waals surface area contributed by atoms with Gasteiger partial charge in [0.2, 0.25) is 0 Å². The quantitative estimate of drug-likeness (QED) is 0.828. The van der Waals surface area contributed by atoms with Crippen molar-refractivity contribution in [3.05, 3.63) is 23.0 Å². The number of rotatable bonds is 7. The normalized spacial score (nSPS) is 11.0. The van der Waals surface area contributed by atoms with Crippen molar-refractivity contribution in [3.63, 3.8) is 0 Å². The van der Waals surface area contributed by atoms with Crippen LogP contribution in [0.1, 0.15) is 35.6 Å². The van der Waals surface area contributed by atoms with Gasteiger partial charge in [0.1, 0.15) is 9.88 Å². The number of aryl methyl sites for hydroxylation is 2. The van der Waals surface area contributed by atoms with Crippen molar-refractivity contribution < 1.29 is 14.7 Å². The fourth-order valence-electron chi connectivity index (χ4n) is 2.34. The Labute approximate surface area is 144 Å². The maximum Gasteiger partial charge on any atom is 0.305 e. The van der Waals surface area contributed by atoms with Gasteiger partial charge in [0.25, 0.3) is 5.91 Å². The van der Waals surface area contributed by atoms with E-state index in [1.807, 2.05) is 27.1 Å². The third kappa shape index (κ3) is 4.41. The van der Waals surface area contributed by atoms with E-state index in [1.54, 1.807) is 22.7 Å². The molecular weight excluding hydrogens is 328 g/mol. The van der Waals surface area contributed by atoms with Crippen LogP contribution in [0.5, 0.6) is 0 Å². The molecule has 0 atom stereocenters. The largest absolute Gasteiger partial charge is 0.481 e. The van der Waals surface area contributed by atoms with Crippen LogP contribution in [0.3, 0.4) is 0 Å². The molecule has 0 radical (unpaired) electrons. The molecule has 0 unspecified atom stereocenters. The van der Waals surface area contributed by atoms with Gasteiger partial charge in [-0.2, -0.15) is 5.10 Å². The predicted molar refractivity (Wildman–Crippen MR) is 92.0 cm³/mol. The molecule has 8 heteroatoms. The van der Waals surface area contributed by atoms with Crippen LogP contribution in [-0.2, 0) is 11.8 Å². The molecule has 7 nitrogen and oxygen atoms in total. The van der Waals surface area contributed by atoms with Crippen LogP contribution in [0.25, 0.3) is 10.6 Å². The summed E-state index contributed by atoms with van der Waals surface area (Å²) < 4.78 is 1.69. The number of carbonyl (C=O) groups is 2. The van der Waals surface area contributed by atoms with Crippen LogP contribution >= 0.6 is 11.3 Å². The van der Waals surface area contributed by atoms with E-state index in [4.69, 9.17) is 5.11 Å². The molecule has 0 aliphatic carbocycles. The Balaban J connectivity index is 2.25. The van der Waals surface area contributed by atoms with E-state index >= 15 is 0 Å². The van der Waals surface area contributed by atoms with Gasteiger partial charge in [-0.15, -0.1) is 11.3 Å². The Hall–Kier alpha value is -2.22. The molecule has 0 saturated carbocycles. The molecule has 0 spiro atoms.